The minimum absolute atomic E-state index is 0.274. The summed E-state index contributed by atoms with van der Waals surface area (Å²) in [4.78, 5) is 2.38. The second-order valence-electron chi connectivity index (χ2n) is 3.40. The molecule has 1 heterocycles. The van der Waals surface area contributed by atoms with Crippen molar-refractivity contribution >= 4 is 0 Å². The Morgan fingerprint density at radius 3 is 3.00 bits per heavy atom. The van der Waals surface area contributed by atoms with Crippen LogP contribution < -0.4 is 5.73 Å². The number of hydrogen-bond donors (Lipinski definition) is 1. The lowest BCUT2D eigenvalue weighted by Crippen LogP contribution is -2.48. The summed E-state index contributed by atoms with van der Waals surface area (Å²) in [6.07, 6.45) is 0. The van der Waals surface area contributed by atoms with E-state index in [0.717, 1.165) is 26.3 Å². The first kappa shape index (κ1) is 8.97. The van der Waals surface area contributed by atoms with E-state index in [4.69, 9.17) is 10.5 Å². The lowest BCUT2D eigenvalue weighted by atomic mass is 10.2. The molecule has 1 aliphatic rings. The largest absolute Gasteiger partial charge is 0.379 e. The van der Waals surface area contributed by atoms with Crippen molar-refractivity contribution in [2.45, 2.75) is 25.9 Å². The zero-order valence-electron chi connectivity index (χ0n) is 7.42. The molecular formula is C8H18N2O. The van der Waals surface area contributed by atoms with Gasteiger partial charge < -0.3 is 10.5 Å². The van der Waals surface area contributed by atoms with Crippen LogP contribution in [0.3, 0.4) is 0 Å². The number of rotatable bonds is 2. The SMILES string of the molecule is C[C@@H]1COCCN1C[C@@H](C)N. The van der Waals surface area contributed by atoms with Gasteiger partial charge in [-0.25, -0.2) is 0 Å². The lowest BCUT2D eigenvalue weighted by Gasteiger charge is -2.34. The van der Waals surface area contributed by atoms with Crippen LogP contribution >= 0.6 is 0 Å². The van der Waals surface area contributed by atoms with E-state index >= 15 is 0 Å². The molecule has 1 aliphatic heterocycles. The van der Waals surface area contributed by atoms with Crippen molar-refractivity contribution in [1.29, 1.82) is 0 Å². The van der Waals surface area contributed by atoms with Crippen molar-refractivity contribution in [3.8, 4) is 0 Å². The lowest BCUT2D eigenvalue weighted by molar-refractivity contribution is -0.00200. The summed E-state index contributed by atoms with van der Waals surface area (Å²) < 4.78 is 5.31. The highest BCUT2D eigenvalue weighted by molar-refractivity contribution is 4.73. The van der Waals surface area contributed by atoms with Crippen molar-refractivity contribution in [3.05, 3.63) is 0 Å². The molecule has 0 aromatic carbocycles. The predicted molar refractivity (Wildman–Crippen MR) is 45.5 cm³/mol. The summed E-state index contributed by atoms with van der Waals surface area (Å²) in [6.45, 7) is 7.96. The van der Waals surface area contributed by atoms with Gasteiger partial charge in [-0.15, -0.1) is 0 Å². The van der Waals surface area contributed by atoms with Gasteiger partial charge in [0.1, 0.15) is 0 Å². The van der Waals surface area contributed by atoms with Gasteiger partial charge in [0.15, 0.2) is 0 Å². The van der Waals surface area contributed by atoms with Crippen LogP contribution in [-0.4, -0.2) is 43.3 Å². The second kappa shape index (κ2) is 4.04. The topological polar surface area (TPSA) is 38.5 Å². The minimum Gasteiger partial charge on any atom is -0.379 e. The summed E-state index contributed by atoms with van der Waals surface area (Å²) in [5.74, 6) is 0. The zero-order valence-corrected chi connectivity index (χ0v) is 7.42. The maximum Gasteiger partial charge on any atom is 0.0619 e. The van der Waals surface area contributed by atoms with Crippen LogP contribution in [0.15, 0.2) is 0 Å². The molecule has 1 saturated heterocycles. The minimum atomic E-state index is 0.274. The highest BCUT2D eigenvalue weighted by Crippen LogP contribution is 2.05. The van der Waals surface area contributed by atoms with Crippen molar-refractivity contribution in [2.75, 3.05) is 26.3 Å². The highest BCUT2D eigenvalue weighted by Gasteiger charge is 2.18. The molecule has 2 N–H and O–H groups in total. The van der Waals surface area contributed by atoms with E-state index in [2.05, 4.69) is 11.8 Å². The number of ether oxygens (including phenoxy) is 1. The van der Waals surface area contributed by atoms with E-state index < -0.39 is 0 Å². The molecule has 0 aromatic rings. The number of morpholine rings is 1. The van der Waals surface area contributed by atoms with Crippen molar-refractivity contribution < 1.29 is 4.74 Å². The summed E-state index contributed by atoms with van der Waals surface area (Å²) in [7, 11) is 0. The Morgan fingerprint density at radius 1 is 1.73 bits per heavy atom. The van der Waals surface area contributed by atoms with Gasteiger partial charge in [0, 0.05) is 25.2 Å². The van der Waals surface area contributed by atoms with Crippen molar-refractivity contribution in [3.63, 3.8) is 0 Å². The van der Waals surface area contributed by atoms with Gasteiger partial charge in [0.05, 0.1) is 13.2 Å². The Bertz CT molecular complexity index is 117. The standard InChI is InChI=1S/C8H18N2O/c1-7(9)5-10-3-4-11-6-8(10)2/h7-8H,3-6,9H2,1-2H3/t7-,8-/m1/s1. The van der Waals surface area contributed by atoms with Crippen LogP contribution in [-0.2, 0) is 4.74 Å². The molecule has 0 unspecified atom stereocenters. The Labute approximate surface area is 68.5 Å². The zero-order chi connectivity index (χ0) is 8.27. The third kappa shape index (κ3) is 2.77. The molecule has 0 saturated carbocycles. The fraction of sp³-hybridized carbons (Fsp3) is 1.00. The Hall–Kier alpha value is -0.120. The molecule has 1 rings (SSSR count). The van der Waals surface area contributed by atoms with E-state index in [1.807, 2.05) is 6.92 Å². The fourth-order valence-electron chi connectivity index (χ4n) is 1.40. The van der Waals surface area contributed by atoms with E-state index in [9.17, 15) is 0 Å². The highest BCUT2D eigenvalue weighted by atomic mass is 16.5. The summed E-state index contributed by atoms with van der Waals surface area (Å²) in [5, 5.41) is 0. The smallest absolute Gasteiger partial charge is 0.0619 e. The molecule has 0 amide bonds. The quantitative estimate of drug-likeness (QED) is 0.617. The molecular weight excluding hydrogens is 140 g/mol. The van der Waals surface area contributed by atoms with Crippen LogP contribution in [0.25, 0.3) is 0 Å². The molecule has 0 aromatic heterocycles. The number of nitrogens with zero attached hydrogens (tertiary/aromatic N) is 1. The average Bonchev–Trinajstić information content (AvgIpc) is 1.93. The normalized spacial score (nSPS) is 30.3. The molecule has 0 aliphatic carbocycles. The molecule has 3 heteroatoms. The van der Waals surface area contributed by atoms with Gasteiger partial charge in [0.25, 0.3) is 0 Å². The van der Waals surface area contributed by atoms with Crippen LogP contribution in [0.2, 0.25) is 0 Å². The monoisotopic (exact) mass is 158 g/mol. The molecule has 3 nitrogen and oxygen atoms in total. The molecule has 0 bridgehead atoms. The van der Waals surface area contributed by atoms with Gasteiger partial charge in [-0.3, -0.25) is 4.90 Å². The van der Waals surface area contributed by atoms with Gasteiger partial charge in [-0.1, -0.05) is 0 Å². The van der Waals surface area contributed by atoms with E-state index in [-0.39, 0.29) is 6.04 Å². The Balaban J connectivity index is 2.29. The molecule has 11 heavy (non-hydrogen) atoms. The van der Waals surface area contributed by atoms with E-state index in [1.165, 1.54) is 0 Å². The average molecular weight is 158 g/mol. The molecule has 0 radical (unpaired) electrons. The maximum absolute atomic E-state index is 5.70. The first-order valence-electron chi connectivity index (χ1n) is 4.27. The Morgan fingerprint density at radius 2 is 2.45 bits per heavy atom. The Kier molecular flexibility index (Phi) is 3.30. The first-order valence-corrected chi connectivity index (χ1v) is 4.27. The molecule has 1 fully saturated rings. The molecule has 66 valence electrons. The van der Waals surface area contributed by atoms with Gasteiger partial charge in [-0.05, 0) is 13.8 Å². The maximum atomic E-state index is 5.70. The van der Waals surface area contributed by atoms with Gasteiger partial charge in [-0.2, -0.15) is 0 Å². The van der Waals surface area contributed by atoms with Gasteiger partial charge >= 0.3 is 0 Å². The molecule has 2 atom stereocenters. The van der Waals surface area contributed by atoms with Crippen LogP contribution in [0.5, 0.6) is 0 Å². The van der Waals surface area contributed by atoms with E-state index in [1.54, 1.807) is 0 Å². The summed E-state index contributed by atoms with van der Waals surface area (Å²) in [6, 6.07) is 0.810. The number of hydrogen-bond acceptors (Lipinski definition) is 3. The van der Waals surface area contributed by atoms with Gasteiger partial charge in [0.2, 0.25) is 0 Å². The number of nitrogens with two attached hydrogens (primary N) is 1. The predicted octanol–water partition coefficient (Wildman–Crippen LogP) is 0.0543. The first-order chi connectivity index (χ1) is 5.20. The van der Waals surface area contributed by atoms with Crippen LogP contribution in [0.1, 0.15) is 13.8 Å². The summed E-state index contributed by atoms with van der Waals surface area (Å²) in [5.41, 5.74) is 5.70. The molecule has 0 spiro atoms. The van der Waals surface area contributed by atoms with Crippen LogP contribution in [0.4, 0.5) is 0 Å². The second-order valence-corrected chi connectivity index (χ2v) is 3.40. The van der Waals surface area contributed by atoms with Crippen molar-refractivity contribution in [2.24, 2.45) is 5.73 Å². The third-order valence-corrected chi connectivity index (χ3v) is 2.03. The van der Waals surface area contributed by atoms with Crippen molar-refractivity contribution in [1.82, 2.24) is 4.90 Å². The third-order valence-electron chi connectivity index (χ3n) is 2.03. The fourth-order valence-corrected chi connectivity index (χ4v) is 1.40. The van der Waals surface area contributed by atoms with Crippen LogP contribution in [0, 0.1) is 0 Å². The summed E-state index contributed by atoms with van der Waals surface area (Å²) >= 11 is 0. The van der Waals surface area contributed by atoms with E-state index in [0.29, 0.717) is 6.04 Å².